The van der Waals surface area contributed by atoms with Gasteiger partial charge < -0.3 is 0 Å². The van der Waals surface area contributed by atoms with Crippen LogP contribution < -0.4 is 0 Å². The molecule has 8 heteroatoms. The number of hydrogen-bond donors (Lipinski definition) is 0. The first kappa shape index (κ1) is 16.8. The predicted octanol–water partition coefficient (Wildman–Crippen LogP) is 3.89. The Morgan fingerprint density at radius 3 is 2.29 bits per heavy atom. The maximum absolute atomic E-state index is 12.8. The fourth-order valence-electron chi connectivity index (χ4n) is 2.25. The van der Waals surface area contributed by atoms with Crippen LogP contribution in [0.2, 0.25) is 0 Å². The Balaban J connectivity index is 2.38. The second-order valence-corrected chi connectivity index (χ2v) is 8.11. The Hall–Kier alpha value is -0.600. The molecule has 0 N–H and O–H groups in total. The highest BCUT2D eigenvalue weighted by Gasteiger charge is 2.34. The molecule has 1 saturated heterocycles. The summed E-state index contributed by atoms with van der Waals surface area (Å²) in [7, 11) is -3.89. The first-order valence-corrected chi connectivity index (χ1v) is 8.72. The number of halogens is 4. The number of rotatable bonds is 2. The standard InChI is InChI=1S/C13H15BrF3NO2S/c1-9-2-4-18(5-3-9)21(19,20)12-7-10(13(15,16)17)6-11(14)8-12/h6-9H,2-5H2,1H3. The Morgan fingerprint density at radius 1 is 1.19 bits per heavy atom. The van der Waals surface area contributed by atoms with Gasteiger partial charge in [0.2, 0.25) is 10.0 Å². The topological polar surface area (TPSA) is 37.4 Å². The van der Waals surface area contributed by atoms with Gasteiger partial charge in [0.05, 0.1) is 10.5 Å². The van der Waals surface area contributed by atoms with E-state index in [0.29, 0.717) is 25.1 Å². The Morgan fingerprint density at radius 2 is 1.76 bits per heavy atom. The van der Waals surface area contributed by atoms with Crippen molar-refractivity contribution in [1.29, 1.82) is 0 Å². The van der Waals surface area contributed by atoms with E-state index in [1.165, 1.54) is 10.4 Å². The normalized spacial score (nSPS) is 18.9. The third-order valence-electron chi connectivity index (χ3n) is 3.58. The number of piperidine rings is 1. The van der Waals surface area contributed by atoms with Crippen molar-refractivity contribution < 1.29 is 21.6 Å². The average molecular weight is 386 g/mol. The van der Waals surface area contributed by atoms with Crippen molar-refractivity contribution in [2.45, 2.75) is 30.8 Å². The minimum absolute atomic E-state index is 0.0984. The van der Waals surface area contributed by atoms with Crippen LogP contribution in [0, 0.1) is 5.92 Å². The minimum atomic E-state index is -4.58. The van der Waals surface area contributed by atoms with Gasteiger partial charge in [-0.3, -0.25) is 0 Å². The molecule has 3 nitrogen and oxygen atoms in total. The average Bonchev–Trinajstić information content (AvgIpc) is 2.37. The van der Waals surface area contributed by atoms with Gasteiger partial charge in [0.1, 0.15) is 0 Å². The molecule has 0 atom stereocenters. The van der Waals surface area contributed by atoms with Crippen molar-refractivity contribution in [1.82, 2.24) is 4.31 Å². The maximum atomic E-state index is 12.8. The summed E-state index contributed by atoms with van der Waals surface area (Å²) in [5, 5.41) is 0. The van der Waals surface area contributed by atoms with Crippen LogP contribution in [0.1, 0.15) is 25.3 Å². The molecule has 0 radical (unpaired) electrons. The Labute approximate surface area is 130 Å². The van der Waals surface area contributed by atoms with Crippen molar-refractivity contribution >= 4 is 26.0 Å². The van der Waals surface area contributed by atoms with Gasteiger partial charge in [0, 0.05) is 17.6 Å². The van der Waals surface area contributed by atoms with Gasteiger partial charge >= 0.3 is 6.18 Å². The van der Waals surface area contributed by atoms with E-state index in [1.54, 1.807) is 0 Å². The summed E-state index contributed by atoms with van der Waals surface area (Å²) in [4.78, 5) is -0.321. The zero-order valence-corrected chi connectivity index (χ0v) is 13.7. The lowest BCUT2D eigenvalue weighted by atomic mass is 10.0. The van der Waals surface area contributed by atoms with E-state index >= 15 is 0 Å². The summed E-state index contributed by atoms with van der Waals surface area (Å²) >= 11 is 2.95. The SMILES string of the molecule is CC1CCN(S(=O)(=O)c2cc(Br)cc(C(F)(F)F)c2)CC1. The molecule has 21 heavy (non-hydrogen) atoms. The van der Waals surface area contributed by atoms with Crippen LogP contribution in [-0.4, -0.2) is 25.8 Å². The lowest BCUT2D eigenvalue weighted by molar-refractivity contribution is -0.137. The van der Waals surface area contributed by atoms with E-state index in [2.05, 4.69) is 15.9 Å². The van der Waals surface area contributed by atoms with Gasteiger partial charge in [0.25, 0.3) is 0 Å². The van der Waals surface area contributed by atoms with Crippen LogP contribution in [0.5, 0.6) is 0 Å². The summed E-state index contributed by atoms with van der Waals surface area (Å²) in [6.45, 7) is 2.72. The molecule has 1 heterocycles. The third-order valence-corrected chi connectivity index (χ3v) is 5.91. The summed E-state index contributed by atoms with van der Waals surface area (Å²) in [5.41, 5.74) is -0.971. The molecular formula is C13H15BrF3NO2S. The second kappa shape index (κ2) is 5.89. The van der Waals surface area contributed by atoms with Gasteiger partial charge in [-0.15, -0.1) is 0 Å². The summed E-state index contributed by atoms with van der Waals surface area (Å²) < 4.78 is 64.7. The van der Waals surface area contributed by atoms with Crippen LogP contribution >= 0.6 is 15.9 Å². The van der Waals surface area contributed by atoms with Gasteiger partial charge in [-0.2, -0.15) is 17.5 Å². The third kappa shape index (κ3) is 3.78. The summed E-state index contributed by atoms with van der Waals surface area (Å²) in [5.74, 6) is 0.435. The molecule has 0 saturated carbocycles. The molecule has 0 amide bonds. The molecule has 0 aliphatic carbocycles. The highest BCUT2D eigenvalue weighted by atomic mass is 79.9. The molecule has 1 aliphatic heterocycles. The molecular weight excluding hydrogens is 371 g/mol. The van der Waals surface area contributed by atoms with Crippen molar-refractivity contribution in [3.63, 3.8) is 0 Å². The van der Waals surface area contributed by atoms with Crippen molar-refractivity contribution in [2.24, 2.45) is 5.92 Å². The molecule has 1 aromatic carbocycles. The van der Waals surface area contributed by atoms with Gasteiger partial charge in [-0.25, -0.2) is 8.42 Å². The highest BCUT2D eigenvalue weighted by Crippen LogP contribution is 2.34. The summed E-state index contributed by atoms with van der Waals surface area (Å²) in [6.07, 6.45) is -3.14. The Bertz CT molecular complexity index is 623. The molecule has 118 valence electrons. The van der Waals surface area contributed by atoms with Gasteiger partial charge in [-0.1, -0.05) is 22.9 Å². The quantitative estimate of drug-likeness (QED) is 0.774. The molecule has 2 rings (SSSR count). The molecule has 0 aromatic heterocycles. The van der Waals surface area contributed by atoms with Crippen molar-refractivity contribution in [2.75, 3.05) is 13.1 Å². The number of nitrogens with zero attached hydrogens (tertiary/aromatic N) is 1. The minimum Gasteiger partial charge on any atom is -0.207 e. The molecule has 1 aromatic rings. The predicted molar refractivity (Wildman–Crippen MR) is 76.3 cm³/mol. The van der Waals surface area contributed by atoms with E-state index in [-0.39, 0.29) is 9.37 Å². The van der Waals surface area contributed by atoms with Crippen molar-refractivity contribution in [3.05, 3.63) is 28.2 Å². The van der Waals surface area contributed by atoms with Crippen LogP contribution in [0.15, 0.2) is 27.6 Å². The molecule has 1 aliphatic rings. The lowest BCUT2D eigenvalue weighted by Crippen LogP contribution is -2.38. The molecule has 0 spiro atoms. The van der Waals surface area contributed by atoms with E-state index in [1.807, 2.05) is 6.92 Å². The molecule has 0 unspecified atom stereocenters. The Kier molecular flexibility index (Phi) is 4.70. The van der Waals surface area contributed by atoms with Gasteiger partial charge in [0.15, 0.2) is 0 Å². The van der Waals surface area contributed by atoms with E-state index < -0.39 is 21.8 Å². The lowest BCUT2D eigenvalue weighted by Gasteiger charge is -2.29. The number of benzene rings is 1. The second-order valence-electron chi connectivity index (χ2n) is 5.26. The fraction of sp³-hybridized carbons (Fsp3) is 0.538. The number of alkyl halides is 3. The van der Waals surface area contributed by atoms with E-state index in [4.69, 9.17) is 0 Å². The zero-order chi connectivity index (χ0) is 15.8. The van der Waals surface area contributed by atoms with Gasteiger partial charge in [-0.05, 0) is 37.0 Å². The largest absolute Gasteiger partial charge is 0.416 e. The van der Waals surface area contributed by atoms with Crippen LogP contribution in [0.4, 0.5) is 13.2 Å². The number of sulfonamides is 1. The van der Waals surface area contributed by atoms with Crippen molar-refractivity contribution in [3.8, 4) is 0 Å². The fourth-order valence-corrected chi connectivity index (χ4v) is 4.44. The van der Waals surface area contributed by atoms with Crippen LogP contribution in [-0.2, 0) is 16.2 Å². The molecule has 0 bridgehead atoms. The van der Waals surface area contributed by atoms with Crippen LogP contribution in [0.25, 0.3) is 0 Å². The smallest absolute Gasteiger partial charge is 0.207 e. The van der Waals surface area contributed by atoms with E-state index in [0.717, 1.165) is 18.9 Å². The summed E-state index contributed by atoms with van der Waals surface area (Å²) in [6, 6.07) is 2.78. The van der Waals surface area contributed by atoms with E-state index in [9.17, 15) is 21.6 Å². The maximum Gasteiger partial charge on any atom is 0.416 e. The molecule has 1 fully saturated rings. The zero-order valence-electron chi connectivity index (χ0n) is 11.3. The first-order valence-electron chi connectivity index (χ1n) is 6.48. The highest BCUT2D eigenvalue weighted by molar-refractivity contribution is 9.10. The monoisotopic (exact) mass is 385 g/mol. The number of hydrogen-bond acceptors (Lipinski definition) is 2. The first-order chi connectivity index (χ1) is 9.60. The van der Waals surface area contributed by atoms with Crippen LogP contribution in [0.3, 0.4) is 0 Å².